The lowest BCUT2D eigenvalue weighted by Gasteiger charge is -2.20. The predicted octanol–water partition coefficient (Wildman–Crippen LogP) is 2.00. The van der Waals surface area contributed by atoms with Gasteiger partial charge in [0.1, 0.15) is 0 Å². The molecule has 0 bridgehead atoms. The van der Waals surface area contributed by atoms with Gasteiger partial charge in [0.05, 0.1) is 11.3 Å². The van der Waals surface area contributed by atoms with Crippen molar-refractivity contribution in [1.82, 2.24) is 14.7 Å². The first-order chi connectivity index (χ1) is 11.9. The van der Waals surface area contributed by atoms with Crippen LogP contribution in [-0.2, 0) is 18.4 Å². The van der Waals surface area contributed by atoms with Gasteiger partial charge in [-0.05, 0) is 38.5 Å². The maximum Gasteiger partial charge on any atom is 0.295 e. The van der Waals surface area contributed by atoms with Crippen LogP contribution in [0, 0.1) is 13.8 Å². The van der Waals surface area contributed by atoms with Gasteiger partial charge in [0.25, 0.3) is 11.7 Å². The Morgan fingerprint density at radius 2 is 1.96 bits per heavy atom. The van der Waals surface area contributed by atoms with Crippen LogP contribution < -0.4 is 9.47 Å². The van der Waals surface area contributed by atoms with Crippen LogP contribution in [0.5, 0.6) is 11.5 Å². The van der Waals surface area contributed by atoms with E-state index in [2.05, 4.69) is 5.10 Å². The first-order valence-electron chi connectivity index (χ1n) is 8.14. The van der Waals surface area contributed by atoms with E-state index in [-0.39, 0.29) is 6.79 Å². The Hall–Kier alpha value is -2.83. The summed E-state index contributed by atoms with van der Waals surface area (Å²) in [5.74, 6) is 0.298. The Kier molecular flexibility index (Phi) is 4.48. The molecule has 1 aromatic heterocycles. The molecule has 0 spiro atoms. The van der Waals surface area contributed by atoms with E-state index in [1.807, 2.05) is 25.1 Å². The number of nitrogens with zero attached hydrogens (tertiary/aromatic N) is 3. The van der Waals surface area contributed by atoms with Crippen molar-refractivity contribution in [2.45, 2.75) is 27.3 Å². The minimum absolute atomic E-state index is 0.202. The number of ether oxygens (including phenoxy) is 2. The molecule has 3 rings (SSSR count). The summed E-state index contributed by atoms with van der Waals surface area (Å²) in [4.78, 5) is 26.9. The van der Waals surface area contributed by atoms with Crippen molar-refractivity contribution < 1.29 is 19.1 Å². The fraction of sp³-hybridized carbons (Fsp3) is 0.389. The highest BCUT2D eigenvalue weighted by Gasteiger charge is 2.28. The lowest BCUT2D eigenvalue weighted by atomic mass is 10.1. The molecule has 132 valence electrons. The van der Waals surface area contributed by atoms with E-state index < -0.39 is 11.7 Å². The van der Waals surface area contributed by atoms with Crippen molar-refractivity contribution in [2.75, 3.05) is 13.3 Å². The standard InChI is InChI=1S/C18H21N3O4/c1-5-21(9-13-6-7-14-15(8-13)25-10-24-14)18(23)17(22)16-11(2)19-20(4)12(16)3/h6-8H,5,9-10H2,1-4H3. The number of likely N-dealkylation sites (N-methyl/N-ethyl adjacent to an activating group) is 1. The third kappa shape index (κ3) is 3.09. The van der Waals surface area contributed by atoms with Crippen LogP contribution in [0.25, 0.3) is 0 Å². The van der Waals surface area contributed by atoms with Crippen LogP contribution in [0.4, 0.5) is 0 Å². The largest absolute Gasteiger partial charge is 0.454 e. The Morgan fingerprint density at radius 1 is 1.24 bits per heavy atom. The van der Waals surface area contributed by atoms with Crippen molar-refractivity contribution in [3.8, 4) is 11.5 Å². The molecular formula is C18H21N3O4. The maximum atomic E-state index is 12.7. The van der Waals surface area contributed by atoms with Crippen LogP contribution in [0.1, 0.15) is 34.2 Å². The molecule has 0 aliphatic carbocycles. The Bertz CT molecular complexity index is 841. The molecule has 1 amide bonds. The summed E-state index contributed by atoms with van der Waals surface area (Å²) < 4.78 is 12.3. The number of amides is 1. The second-order valence-corrected chi connectivity index (χ2v) is 6.01. The molecule has 25 heavy (non-hydrogen) atoms. The van der Waals surface area contributed by atoms with Crippen molar-refractivity contribution >= 4 is 11.7 Å². The van der Waals surface area contributed by atoms with Gasteiger partial charge >= 0.3 is 0 Å². The van der Waals surface area contributed by atoms with Crippen molar-refractivity contribution in [3.05, 3.63) is 40.7 Å². The fourth-order valence-corrected chi connectivity index (χ4v) is 2.94. The number of carbonyl (C=O) groups is 2. The van der Waals surface area contributed by atoms with Crippen LogP contribution in [0.15, 0.2) is 18.2 Å². The van der Waals surface area contributed by atoms with E-state index in [0.29, 0.717) is 41.5 Å². The topological polar surface area (TPSA) is 73.7 Å². The minimum atomic E-state index is -0.528. The predicted molar refractivity (Wildman–Crippen MR) is 90.7 cm³/mol. The molecule has 0 N–H and O–H groups in total. The number of aryl methyl sites for hydroxylation is 2. The van der Waals surface area contributed by atoms with Gasteiger partial charge < -0.3 is 14.4 Å². The highest BCUT2D eigenvalue weighted by Crippen LogP contribution is 2.32. The molecular weight excluding hydrogens is 322 g/mol. The molecule has 7 nitrogen and oxygen atoms in total. The summed E-state index contributed by atoms with van der Waals surface area (Å²) in [6.45, 7) is 6.33. The zero-order valence-corrected chi connectivity index (χ0v) is 14.8. The van der Waals surface area contributed by atoms with Crippen molar-refractivity contribution in [1.29, 1.82) is 0 Å². The second kappa shape index (κ2) is 6.58. The van der Waals surface area contributed by atoms with E-state index in [9.17, 15) is 9.59 Å². The highest BCUT2D eigenvalue weighted by molar-refractivity contribution is 6.43. The smallest absolute Gasteiger partial charge is 0.295 e. The van der Waals surface area contributed by atoms with Gasteiger partial charge in [0, 0.05) is 25.8 Å². The average Bonchev–Trinajstić information content (AvgIpc) is 3.15. The van der Waals surface area contributed by atoms with Gasteiger partial charge in [-0.25, -0.2) is 0 Å². The number of ketones is 1. The molecule has 1 aliphatic rings. The first kappa shape index (κ1) is 17.0. The SMILES string of the molecule is CCN(Cc1ccc2c(c1)OCO2)C(=O)C(=O)c1c(C)nn(C)c1C. The molecule has 2 aromatic rings. The van der Waals surface area contributed by atoms with Crippen LogP contribution >= 0.6 is 0 Å². The Labute approximate surface area is 146 Å². The molecule has 1 aromatic carbocycles. The Morgan fingerprint density at radius 3 is 2.60 bits per heavy atom. The number of hydrogen-bond acceptors (Lipinski definition) is 5. The zero-order chi connectivity index (χ0) is 18.1. The van der Waals surface area contributed by atoms with Gasteiger partial charge in [-0.3, -0.25) is 14.3 Å². The van der Waals surface area contributed by atoms with E-state index in [4.69, 9.17) is 9.47 Å². The lowest BCUT2D eigenvalue weighted by molar-refractivity contribution is -0.126. The molecule has 7 heteroatoms. The maximum absolute atomic E-state index is 12.7. The van der Waals surface area contributed by atoms with Gasteiger partial charge in [-0.1, -0.05) is 6.07 Å². The number of aromatic nitrogens is 2. The summed E-state index contributed by atoms with van der Waals surface area (Å²) in [6.07, 6.45) is 0. The van der Waals surface area contributed by atoms with Gasteiger partial charge in [-0.15, -0.1) is 0 Å². The number of hydrogen-bond donors (Lipinski definition) is 0. The molecule has 1 aliphatic heterocycles. The average molecular weight is 343 g/mol. The minimum Gasteiger partial charge on any atom is -0.454 e. The monoisotopic (exact) mass is 343 g/mol. The fourth-order valence-electron chi connectivity index (χ4n) is 2.94. The third-order valence-electron chi connectivity index (χ3n) is 4.41. The number of rotatable bonds is 5. The highest BCUT2D eigenvalue weighted by atomic mass is 16.7. The lowest BCUT2D eigenvalue weighted by Crippen LogP contribution is -2.36. The van der Waals surface area contributed by atoms with Crippen molar-refractivity contribution in [2.24, 2.45) is 7.05 Å². The van der Waals surface area contributed by atoms with E-state index in [1.54, 1.807) is 25.6 Å². The van der Waals surface area contributed by atoms with Crippen LogP contribution in [0.3, 0.4) is 0 Å². The summed E-state index contributed by atoms with van der Waals surface area (Å²) in [6, 6.07) is 5.52. The van der Waals surface area contributed by atoms with E-state index in [1.165, 1.54) is 4.90 Å². The molecule has 0 radical (unpaired) electrons. The molecule has 0 atom stereocenters. The number of fused-ring (bicyclic) bond motifs is 1. The van der Waals surface area contributed by atoms with Crippen molar-refractivity contribution in [3.63, 3.8) is 0 Å². The number of Topliss-reactive ketones (excluding diaryl/α,β-unsaturated/α-hetero) is 1. The molecule has 0 saturated carbocycles. The van der Waals surface area contributed by atoms with Gasteiger partial charge in [0.15, 0.2) is 11.5 Å². The van der Waals surface area contributed by atoms with Gasteiger partial charge in [-0.2, -0.15) is 5.10 Å². The van der Waals surface area contributed by atoms with Crippen LogP contribution in [0.2, 0.25) is 0 Å². The van der Waals surface area contributed by atoms with E-state index in [0.717, 1.165) is 5.56 Å². The zero-order valence-electron chi connectivity index (χ0n) is 14.8. The molecule has 0 saturated heterocycles. The Balaban J connectivity index is 1.80. The quantitative estimate of drug-likeness (QED) is 0.613. The summed E-state index contributed by atoms with van der Waals surface area (Å²) in [5, 5.41) is 4.22. The normalized spacial score (nSPS) is 12.3. The summed E-state index contributed by atoms with van der Waals surface area (Å²) >= 11 is 0. The molecule has 2 heterocycles. The van der Waals surface area contributed by atoms with Gasteiger partial charge in [0.2, 0.25) is 6.79 Å². The molecule has 0 unspecified atom stereocenters. The second-order valence-electron chi connectivity index (χ2n) is 6.01. The van der Waals surface area contributed by atoms with Crippen LogP contribution in [-0.4, -0.2) is 39.7 Å². The summed E-state index contributed by atoms with van der Waals surface area (Å²) in [5.41, 5.74) is 2.52. The van der Waals surface area contributed by atoms with E-state index >= 15 is 0 Å². The number of carbonyl (C=O) groups excluding carboxylic acids is 2. The third-order valence-corrected chi connectivity index (χ3v) is 4.41. The first-order valence-corrected chi connectivity index (χ1v) is 8.14. The summed E-state index contributed by atoms with van der Waals surface area (Å²) in [7, 11) is 1.76. The number of benzene rings is 1. The molecule has 0 fully saturated rings.